The van der Waals surface area contributed by atoms with Gasteiger partial charge < -0.3 is 5.32 Å². The maximum absolute atomic E-state index is 12.5. The van der Waals surface area contributed by atoms with Crippen LogP contribution >= 0.6 is 0 Å². The van der Waals surface area contributed by atoms with E-state index in [4.69, 9.17) is 4.99 Å². The van der Waals surface area contributed by atoms with Gasteiger partial charge in [0.05, 0.1) is 17.3 Å². The van der Waals surface area contributed by atoms with Gasteiger partial charge in [-0.25, -0.2) is 0 Å². The molecule has 0 fully saturated rings. The number of benzene rings is 1. The topological polar surface area (TPSA) is 53.8 Å². The van der Waals surface area contributed by atoms with Crippen LogP contribution in [0.25, 0.3) is 0 Å². The number of carbonyl (C=O) groups excluding carboxylic acids is 1. The molecule has 26 heavy (non-hydrogen) atoms. The molecule has 0 radical (unpaired) electrons. The van der Waals surface area contributed by atoms with E-state index in [-0.39, 0.29) is 11.9 Å². The van der Waals surface area contributed by atoms with Crippen molar-refractivity contribution in [2.75, 3.05) is 7.05 Å². The summed E-state index contributed by atoms with van der Waals surface area (Å²) < 4.78 is 0. The lowest BCUT2D eigenvalue weighted by Gasteiger charge is -2.19. The first kappa shape index (κ1) is 19.6. The molecule has 4 nitrogen and oxygen atoms in total. The van der Waals surface area contributed by atoms with Crippen LogP contribution in [0.1, 0.15) is 31.9 Å². The molecule has 1 amide bonds. The van der Waals surface area contributed by atoms with Crippen LogP contribution in [0.5, 0.6) is 0 Å². The number of aliphatic imine (C=N–C) groups is 2. The lowest BCUT2D eigenvalue weighted by atomic mass is 10.0. The molecule has 0 bridgehead atoms. The molecular formula is C22H27N3O. The van der Waals surface area contributed by atoms with E-state index in [1.54, 1.807) is 19.2 Å². The van der Waals surface area contributed by atoms with E-state index in [9.17, 15) is 4.79 Å². The zero-order chi connectivity index (χ0) is 19.3. The summed E-state index contributed by atoms with van der Waals surface area (Å²) in [7, 11) is 1.68. The smallest absolute Gasteiger partial charge is 0.253 e. The molecule has 136 valence electrons. The van der Waals surface area contributed by atoms with E-state index >= 15 is 0 Å². The lowest BCUT2D eigenvalue weighted by Crippen LogP contribution is -2.40. The summed E-state index contributed by atoms with van der Waals surface area (Å²) in [6, 6.07) is 8.04. The molecule has 4 heteroatoms. The van der Waals surface area contributed by atoms with Crippen LogP contribution in [0.4, 0.5) is 0 Å². The maximum atomic E-state index is 12.5. The van der Waals surface area contributed by atoms with E-state index < -0.39 is 5.54 Å². The SMILES string of the molecule is C=CC(=NC1(c2cccc(C)c2)C=C1)[C@@H](C)NC(=O)/C(=C/C)C(C)=NC. The molecular weight excluding hydrogens is 322 g/mol. The molecule has 1 atom stereocenters. The van der Waals surface area contributed by atoms with Crippen molar-refractivity contribution in [3.63, 3.8) is 0 Å². The molecule has 1 aromatic carbocycles. The maximum Gasteiger partial charge on any atom is 0.253 e. The van der Waals surface area contributed by atoms with Gasteiger partial charge in [0.2, 0.25) is 0 Å². The minimum absolute atomic E-state index is 0.161. The Kier molecular flexibility index (Phi) is 6.09. The molecule has 0 saturated carbocycles. The normalized spacial score (nSPS) is 17.7. The molecule has 0 unspecified atom stereocenters. The number of hydrogen-bond donors (Lipinski definition) is 1. The second-order valence-electron chi connectivity index (χ2n) is 6.48. The van der Waals surface area contributed by atoms with Gasteiger partial charge in [0, 0.05) is 12.8 Å². The number of hydrogen-bond acceptors (Lipinski definition) is 3. The van der Waals surface area contributed by atoms with Crippen molar-refractivity contribution in [3.05, 3.63) is 71.8 Å². The van der Waals surface area contributed by atoms with Gasteiger partial charge >= 0.3 is 0 Å². The molecule has 0 aromatic heterocycles. The Labute approximate surface area is 156 Å². The van der Waals surface area contributed by atoms with Gasteiger partial charge in [0.25, 0.3) is 5.91 Å². The Morgan fingerprint density at radius 1 is 1.35 bits per heavy atom. The lowest BCUT2D eigenvalue weighted by molar-refractivity contribution is -0.117. The third-order valence-corrected chi connectivity index (χ3v) is 4.54. The monoisotopic (exact) mass is 349 g/mol. The summed E-state index contributed by atoms with van der Waals surface area (Å²) in [6.45, 7) is 11.5. The summed E-state index contributed by atoms with van der Waals surface area (Å²) in [5.41, 5.74) is 3.91. The minimum atomic E-state index is -0.418. The van der Waals surface area contributed by atoms with Crippen LogP contribution in [-0.2, 0) is 10.3 Å². The second kappa shape index (κ2) is 8.09. The van der Waals surface area contributed by atoms with Crippen molar-refractivity contribution >= 4 is 17.3 Å². The van der Waals surface area contributed by atoms with E-state index in [1.165, 1.54) is 5.56 Å². The van der Waals surface area contributed by atoms with Gasteiger partial charge in [0.1, 0.15) is 5.54 Å². The van der Waals surface area contributed by atoms with Crippen LogP contribution in [0, 0.1) is 6.92 Å². The van der Waals surface area contributed by atoms with Crippen LogP contribution in [0.2, 0.25) is 0 Å². The highest BCUT2D eigenvalue weighted by molar-refractivity contribution is 6.21. The van der Waals surface area contributed by atoms with Gasteiger partial charge in [0.15, 0.2) is 0 Å². The highest BCUT2D eigenvalue weighted by Crippen LogP contribution is 2.40. The van der Waals surface area contributed by atoms with Crippen molar-refractivity contribution < 1.29 is 4.79 Å². The van der Waals surface area contributed by atoms with Gasteiger partial charge in [-0.1, -0.05) is 42.5 Å². The van der Waals surface area contributed by atoms with Gasteiger partial charge in [-0.15, -0.1) is 0 Å². The number of nitrogens with one attached hydrogen (secondary N) is 1. The van der Waals surface area contributed by atoms with Crippen LogP contribution in [-0.4, -0.2) is 30.4 Å². The minimum Gasteiger partial charge on any atom is -0.344 e. The summed E-state index contributed by atoms with van der Waals surface area (Å²) in [6.07, 6.45) is 7.60. The fraction of sp³-hybridized carbons (Fsp3) is 0.318. The molecule has 0 spiro atoms. The van der Waals surface area contributed by atoms with Gasteiger partial charge in [-0.05, 0) is 51.5 Å². The van der Waals surface area contributed by atoms with E-state index in [0.29, 0.717) is 11.3 Å². The summed E-state index contributed by atoms with van der Waals surface area (Å²) in [5.74, 6) is -0.161. The average Bonchev–Trinajstić information content (AvgIpc) is 3.41. The zero-order valence-electron chi connectivity index (χ0n) is 16.2. The highest BCUT2D eigenvalue weighted by atomic mass is 16.1. The molecule has 1 aliphatic carbocycles. The molecule has 1 N–H and O–H groups in total. The Morgan fingerprint density at radius 2 is 2.04 bits per heavy atom. The number of rotatable bonds is 7. The second-order valence-corrected chi connectivity index (χ2v) is 6.48. The largest absolute Gasteiger partial charge is 0.344 e. The average molecular weight is 349 g/mol. The van der Waals surface area contributed by atoms with Crippen molar-refractivity contribution in [1.82, 2.24) is 5.32 Å². The molecule has 0 heterocycles. The first-order valence-electron chi connectivity index (χ1n) is 8.77. The van der Waals surface area contributed by atoms with E-state index in [0.717, 1.165) is 11.3 Å². The summed E-state index contributed by atoms with van der Waals surface area (Å²) in [5, 5.41) is 2.99. The molecule has 1 aromatic rings. The van der Waals surface area contributed by atoms with Gasteiger partial charge in [-0.3, -0.25) is 14.8 Å². The zero-order valence-corrected chi connectivity index (χ0v) is 16.2. The quantitative estimate of drug-likeness (QED) is 0.453. The number of nitrogens with zero attached hydrogens (tertiary/aromatic N) is 2. The molecule has 0 aliphatic heterocycles. The number of aryl methyl sites for hydroxylation is 1. The van der Waals surface area contributed by atoms with Crippen molar-refractivity contribution in [1.29, 1.82) is 0 Å². The first-order chi connectivity index (χ1) is 12.4. The molecule has 1 aliphatic rings. The predicted octanol–water partition coefficient (Wildman–Crippen LogP) is 3.93. The Bertz CT molecular complexity index is 822. The molecule has 2 rings (SSSR count). The third-order valence-electron chi connectivity index (χ3n) is 4.54. The Balaban J connectivity index is 2.21. The summed E-state index contributed by atoms with van der Waals surface area (Å²) in [4.78, 5) is 21.5. The fourth-order valence-corrected chi connectivity index (χ4v) is 2.81. The van der Waals surface area contributed by atoms with E-state index in [2.05, 4.69) is 54.2 Å². The van der Waals surface area contributed by atoms with Gasteiger partial charge in [-0.2, -0.15) is 0 Å². The van der Waals surface area contributed by atoms with E-state index in [1.807, 2.05) is 26.8 Å². The van der Waals surface area contributed by atoms with Crippen LogP contribution in [0.3, 0.4) is 0 Å². The Hall–Kier alpha value is -2.75. The predicted molar refractivity (Wildman–Crippen MR) is 110 cm³/mol. The fourth-order valence-electron chi connectivity index (χ4n) is 2.81. The molecule has 0 saturated heterocycles. The number of allylic oxidation sites excluding steroid dienone is 1. The van der Waals surface area contributed by atoms with Crippen molar-refractivity contribution in [2.24, 2.45) is 9.98 Å². The van der Waals surface area contributed by atoms with Crippen molar-refractivity contribution in [3.8, 4) is 0 Å². The standard InChI is InChI=1S/C22H27N3O/c1-7-19(16(4)23-6)21(26)24-17(5)20(8-2)25-22(12-13-22)18-11-9-10-15(3)14-18/h7-14,17H,2H2,1,3-6H3,(H,24,26)/b19-7+,23-16?,25-20?/t17-/m1/s1. The third kappa shape index (κ3) is 4.26. The Morgan fingerprint density at radius 3 is 2.54 bits per heavy atom. The van der Waals surface area contributed by atoms with Crippen LogP contribution < -0.4 is 5.32 Å². The number of carbonyl (C=O) groups is 1. The number of amides is 1. The van der Waals surface area contributed by atoms with Crippen LogP contribution in [0.15, 0.2) is 70.7 Å². The van der Waals surface area contributed by atoms with Crippen molar-refractivity contribution in [2.45, 2.75) is 39.3 Å². The first-order valence-corrected chi connectivity index (χ1v) is 8.77. The summed E-state index contributed by atoms with van der Waals surface area (Å²) >= 11 is 0. The highest BCUT2D eigenvalue weighted by Gasteiger charge is 2.36.